The molecule has 0 atom stereocenters. The lowest BCUT2D eigenvalue weighted by Crippen LogP contribution is -2.21. The van der Waals surface area contributed by atoms with Crippen LogP contribution in [-0.2, 0) is 6.54 Å². The van der Waals surface area contributed by atoms with Crippen molar-refractivity contribution in [1.82, 2.24) is 10.3 Å². The molecule has 3 aromatic rings. The smallest absolute Gasteiger partial charge is 0.123 e. The third-order valence-corrected chi connectivity index (χ3v) is 4.77. The molecule has 0 saturated heterocycles. The SMILES string of the molecule is Cc1nc(-c2ccc3ccccc3c2)sc1CNC(C)C. The second-order valence-electron chi connectivity index (χ2n) is 5.63. The second-order valence-corrected chi connectivity index (χ2v) is 6.71. The summed E-state index contributed by atoms with van der Waals surface area (Å²) in [5.41, 5.74) is 2.34. The highest BCUT2D eigenvalue weighted by Crippen LogP contribution is 2.30. The second kappa shape index (κ2) is 5.96. The lowest BCUT2D eigenvalue weighted by Gasteiger charge is -2.05. The van der Waals surface area contributed by atoms with Crippen LogP contribution in [-0.4, -0.2) is 11.0 Å². The molecule has 2 aromatic carbocycles. The van der Waals surface area contributed by atoms with Gasteiger partial charge in [-0.25, -0.2) is 4.98 Å². The van der Waals surface area contributed by atoms with Gasteiger partial charge in [-0.05, 0) is 23.8 Å². The summed E-state index contributed by atoms with van der Waals surface area (Å²) in [7, 11) is 0. The summed E-state index contributed by atoms with van der Waals surface area (Å²) in [6.07, 6.45) is 0. The standard InChI is InChI=1S/C18H20N2S/c1-12(2)19-11-17-13(3)20-18(21-17)16-9-8-14-6-4-5-7-15(14)10-16/h4-10,12,19H,11H2,1-3H3. The number of nitrogens with one attached hydrogen (secondary N) is 1. The number of rotatable bonds is 4. The van der Waals surface area contributed by atoms with Crippen LogP contribution in [0.1, 0.15) is 24.4 Å². The molecule has 0 amide bonds. The van der Waals surface area contributed by atoms with Crippen LogP contribution in [0.15, 0.2) is 42.5 Å². The molecule has 0 aliphatic carbocycles. The van der Waals surface area contributed by atoms with E-state index in [0.717, 1.165) is 17.2 Å². The lowest BCUT2D eigenvalue weighted by atomic mass is 10.1. The van der Waals surface area contributed by atoms with E-state index in [9.17, 15) is 0 Å². The molecule has 0 radical (unpaired) electrons. The summed E-state index contributed by atoms with van der Waals surface area (Å²) >= 11 is 1.79. The van der Waals surface area contributed by atoms with Crippen molar-refractivity contribution in [3.8, 4) is 10.6 Å². The summed E-state index contributed by atoms with van der Waals surface area (Å²) in [6, 6.07) is 15.5. The van der Waals surface area contributed by atoms with E-state index in [4.69, 9.17) is 4.98 Å². The van der Waals surface area contributed by atoms with Crippen LogP contribution < -0.4 is 5.32 Å². The maximum absolute atomic E-state index is 4.74. The third-order valence-electron chi connectivity index (χ3n) is 3.56. The van der Waals surface area contributed by atoms with Crippen molar-refractivity contribution in [2.24, 2.45) is 0 Å². The first-order chi connectivity index (χ1) is 10.1. The van der Waals surface area contributed by atoms with Crippen LogP contribution in [0.2, 0.25) is 0 Å². The van der Waals surface area contributed by atoms with Crippen LogP contribution in [0.5, 0.6) is 0 Å². The Labute approximate surface area is 129 Å². The fourth-order valence-electron chi connectivity index (χ4n) is 2.33. The van der Waals surface area contributed by atoms with Crippen molar-refractivity contribution in [3.05, 3.63) is 53.0 Å². The van der Waals surface area contributed by atoms with Crippen LogP contribution in [0.25, 0.3) is 21.3 Å². The van der Waals surface area contributed by atoms with Gasteiger partial charge in [0.05, 0.1) is 5.69 Å². The monoisotopic (exact) mass is 296 g/mol. The largest absolute Gasteiger partial charge is 0.310 e. The number of hydrogen-bond acceptors (Lipinski definition) is 3. The number of aromatic nitrogens is 1. The third kappa shape index (κ3) is 3.14. The molecule has 0 unspecified atom stereocenters. The van der Waals surface area contributed by atoms with Crippen molar-refractivity contribution in [2.75, 3.05) is 0 Å². The number of hydrogen-bond donors (Lipinski definition) is 1. The van der Waals surface area contributed by atoms with Gasteiger partial charge in [0.25, 0.3) is 0 Å². The molecule has 0 aliphatic rings. The molecule has 1 aromatic heterocycles. The molecule has 0 saturated carbocycles. The number of nitrogens with zero attached hydrogens (tertiary/aromatic N) is 1. The fourth-order valence-corrected chi connectivity index (χ4v) is 3.34. The van der Waals surface area contributed by atoms with E-state index >= 15 is 0 Å². The van der Waals surface area contributed by atoms with E-state index in [1.165, 1.54) is 21.2 Å². The van der Waals surface area contributed by atoms with Crippen molar-refractivity contribution in [1.29, 1.82) is 0 Å². The van der Waals surface area contributed by atoms with Gasteiger partial charge >= 0.3 is 0 Å². The summed E-state index contributed by atoms with van der Waals surface area (Å²) < 4.78 is 0. The Balaban J connectivity index is 1.93. The first-order valence-corrected chi connectivity index (χ1v) is 8.14. The number of thiazole rings is 1. The van der Waals surface area contributed by atoms with E-state index in [0.29, 0.717) is 6.04 Å². The molecule has 3 rings (SSSR count). The van der Waals surface area contributed by atoms with Gasteiger partial charge < -0.3 is 5.32 Å². The van der Waals surface area contributed by atoms with Gasteiger partial charge in [0.1, 0.15) is 5.01 Å². The molecule has 1 heterocycles. The Morgan fingerprint density at radius 3 is 2.62 bits per heavy atom. The van der Waals surface area contributed by atoms with Crippen LogP contribution >= 0.6 is 11.3 Å². The average molecular weight is 296 g/mol. The summed E-state index contributed by atoms with van der Waals surface area (Å²) in [4.78, 5) is 6.07. The Kier molecular flexibility index (Phi) is 4.04. The molecule has 0 fully saturated rings. The van der Waals surface area contributed by atoms with E-state index in [2.05, 4.69) is 68.6 Å². The maximum atomic E-state index is 4.74. The van der Waals surface area contributed by atoms with Crippen molar-refractivity contribution in [3.63, 3.8) is 0 Å². The molecule has 0 aliphatic heterocycles. The van der Waals surface area contributed by atoms with Crippen LogP contribution in [0, 0.1) is 6.92 Å². The lowest BCUT2D eigenvalue weighted by molar-refractivity contribution is 0.591. The molecule has 0 bridgehead atoms. The summed E-state index contributed by atoms with van der Waals surface area (Å²) in [5, 5.41) is 7.12. The van der Waals surface area contributed by atoms with Crippen molar-refractivity contribution >= 4 is 22.1 Å². The highest BCUT2D eigenvalue weighted by Gasteiger charge is 2.10. The van der Waals surface area contributed by atoms with Gasteiger partial charge in [0, 0.05) is 23.0 Å². The zero-order chi connectivity index (χ0) is 14.8. The van der Waals surface area contributed by atoms with Gasteiger partial charge in [-0.1, -0.05) is 50.2 Å². The summed E-state index contributed by atoms with van der Waals surface area (Å²) in [5.74, 6) is 0. The molecule has 0 spiro atoms. The van der Waals surface area contributed by atoms with Gasteiger partial charge in [-0.3, -0.25) is 0 Å². The van der Waals surface area contributed by atoms with Gasteiger partial charge in [0.2, 0.25) is 0 Å². The fraction of sp³-hybridized carbons (Fsp3) is 0.278. The maximum Gasteiger partial charge on any atom is 0.123 e. The minimum absolute atomic E-state index is 0.496. The number of aryl methyl sites for hydroxylation is 1. The van der Waals surface area contributed by atoms with E-state index in [1.54, 1.807) is 11.3 Å². The Morgan fingerprint density at radius 2 is 1.86 bits per heavy atom. The van der Waals surface area contributed by atoms with Crippen LogP contribution in [0.3, 0.4) is 0 Å². The summed E-state index contributed by atoms with van der Waals surface area (Å²) in [6.45, 7) is 7.33. The molecule has 21 heavy (non-hydrogen) atoms. The van der Waals surface area contributed by atoms with E-state index < -0.39 is 0 Å². The minimum atomic E-state index is 0.496. The Morgan fingerprint density at radius 1 is 1.10 bits per heavy atom. The zero-order valence-corrected chi connectivity index (χ0v) is 13.5. The average Bonchev–Trinajstić information content (AvgIpc) is 2.86. The Hall–Kier alpha value is -1.71. The van der Waals surface area contributed by atoms with E-state index in [-0.39, 0.29) is 0 Å². The molecule has 3 heteroatoms. The predicted molar refractivity (Wildman–Crippen MR) is 91.8 cm³/mol. The molecule has 1 N–H and O–H groups in total. The van der Waals surface area contributed by atoms with Gasteiger partial charge in [-0.15, -0.1) is 11.3 Å². The highest BCUT2D eigenvalue weighted by molar-refractivity contribution is 7.15. The normalized spacial score (nSPS) is 11.4. The highest BCUT2D eigenvalue weighted by atomic mass is 32.1. The molecular weight excluding hydrogens is 276 g/mol. The first-order valence-electron chi connectivity index (χ1n) is 7.32. The van der Waals surface area contributed by atoms with Gasteiger partial charge in [-0.2, -0.15) is 0 Å². The molecular formula is C18H20N2S. The minimum Gasteiger partial charge on any atom is -0.310 e. The molecule has 2 nitrogen and oxygen atoms in total. The predicted octanol–water partition coefficient (Wildman–Crippen LogP) is 4.77. The van der Waals surface area contributed by atoms with E-state index in [1.807, 2.05) is 0 Å². The number of benzene rings is 2. The molecule has 108 valence electrons. The van der Waals surface area contributed by atoms with Crippen molar-refractivity contribution in [2.45, 2.75) is 33.4 Å². The topological polar surface area (TPSA) is 24.9 Å². The quantitative estimate of drug-likeness (QED) is 0.750. The zero-order valence-electron chi connectivity index (χ0n) is 12.7. The van der Waals surface area contributed by atoms with Crippen molar-refractivity contribution < 1.29 is 0 Å². The van der Waals surface area contributed by atoms with Crippen LogP contribution in [0.4, 0.5) is 0 Å². The Bertz CT molecular complexity index is 759. The van der Waals surface area contributed by atoms with Gasteiger partial charge in [0.15, 0.2) is 0 Å². The number of fused-ring (bicyclic) bond motifs is 1. The first kappa shape index (κ1) is 14.2.